The van der Waals surface area contributed by atoms with E-state index in [0.717, 1.165) is 109 Å². The molecule has 0 saturated heterocycles. The molecule has 0 aliphatic carbocycles. The molecule has 0 aromatic rings. The summed E-state index contributed by atoms with van der Waals surface area (Å²) in [5, 5.41) is 0. The first-order chi connectivity index (χ1) is 42.0. The number of hydrogen-bond donors (Lipinski definition) is 1. The van der Waals surface area contributed by atoms with E-state index in [-0.39, 0.29) is 32.0 Å². The van der Waals surface area contributed by atoms with Crippen LogP contribution in [0.3, 0.4) is 0 Å². The molecule has 494 valence electrons. The Kier molecular flexibility index (Phi) is 63.1. The van der Waals surface area contributed by atoms with Gasteiger partial charge >= 0.3 is 19.8 Å². The standard InChI is InChI=1S/C76H132NO8P/c1-6-8-10-12-14-16-18-20-22-24-26-28-30-31-32-33-34-35-36-37-38-39-40-41-42-43-44-45-47-49-51-53-55-57-59-61-63-65-67-69-76(79)85-74(73-84-86(80,81)83-71-70-77(3,4)5)72-82-75(78)68-66-64-62-60-58-56-54-52-50-48-46-29-27-25-23-21-19-17-15-13-11-9-7-2/h8,10,14,16,19-22,25-28,31-32,34-35,37-38,46,48,74H,6-7,9,11-13,15,17-18,23-24,29-30,33,36,39-45,47,49-73H2,1-5H3/p+1/b10-8-,16-14-,21-19-,22-20-,27-25-,28-26-,32-31-,35-34-,38-37-,48-46-. The molecule has 0 amide bonds. The van der Waals surface area contributed by atoms with E-state index < -0.39 is 26.5 Å². The van der Waals surface area contributed by atoms with Gasteiger partial charge in [-0.3, -0.25) is 18.6 Å². The molecule has 0 saturated carbocycles. The number of likely N-dealkylation sites (N-methyl/N-ethyl adjacent to an activating group) is 1. The number of unbranched alkanes of at least 4 members (excludes halogenated alkanes) is 30. The molecule has 0 aliphatic heterocycles. The first-order valence-electron chi connectivity index (χ1n) is 35.3. The predicted molar refractivity (Wildman–Crippen MR) is 371 cm³/mol. The normalized spacial score (nSPS) is 13.9. The van der Waals surface area contributed by atoms with Gasteiger partial charge in [0.2, 0.25) is 0 Å². The van der Waals surface area contributed by atoms with E-state index in [1.54, 1.807) is 0 Å². The zero-order chi connectivity index (χ0) is 62.6. The minimum atomic E-state index is -4.40. The molecule has 10 heteroatoms. The van der Waals surface area contributed by atoms with Crippen molar-refractivity contribution in [3.63, 3.8) is 0 Å². The van der Waals surface area contributed by atoms with Crippen molar-refractivity contribution in [3.05, 3.63) is 122 Å². The summed E-state index contributed by atoms with van der Waals surface area (Å²) >= 11 is 0. The Labute approximate surface area is 530 Å². The molecule has 0 heterocycles. The van der Waals surface area contributed by atoms with Crippen molar-refractivity contribution < 1.29 is 42.1 Å². The lowest BCUT2D eigenvalue weighted by Gasteiger charge is -2.24. The topological polar surface area (TPSA) is 108 Å². The summed E-state index contributed by atoms with van der Waals surface area (Å²) in [7, 11) is 1.47. The van der Waals surface area contributed by atoms with Crippen molar-refractivity contribution in [1.29, 1.82) is 0 Å². The van der Waals surface area contributed by atoms with E-state index in [1.165, 1.54) is 154 Å². The monoisotopic (exact) mass is 1220 g/mol. The SMILES string of the molecule is CC/C=C\C/C=C\C/C=C\C/C=C\C/C=C\C/C=C\C/C=C\CCCCCCCCCCCCCCCCCCCC(=O)OC(COC(=O)CCCCCCCCCC/C=C\C/C=C\C/C=C\CCCCCCC)COP(=O)(O)OCC[N+](C)(C)C. The number of esters is 2. The van der Waals surface area contributed by atoms with Crippen LogP contribution < -0.4 is 0 Å². The fourth-order valence-electron chi connectivity index (χ4n) is 9.59. The van der Waals surface area contributed by atoms with Crippen molar-refractivity contribution in [2.24, 2.45) is 0 Å². The van der Waals surface area contributed by atoms with E-state index in [4.69, 9.17) is 18.5 Å². The van der Waals surface area contributed by atoms with Crippen LogP contribution in [0.1, 0.15) is 296 Å². The lowest BCUT2D eigenvalue weighted by atomic mass is 10.0. The molecule has 9 nitrogen and oxygen atoms in total. The van der Waals surface area contributed by atoms with Crippen LogP contribution in [-0.4, -0.2) is 74.9 Å². The van der Waals surface area contributed by atoms with E-state index in [9.17, 15) is 19.0 Å². The van der Waals surface area contributed by atoms with E-state index in [2.05, 4.69) is 135 Å². The average molecular weight is 1220 g/mol. The fourth-order valence-corrected chi connectivity index (χ4v) is 10.3. The number of hydrogen-bond acceptors (Lipinski definition) is 7. The Morgan fingerprint density at radius 2 is 0.663 bits per heavy atom. The Morgan fingerprint density at radius 3 is 0.988 bits per heavy atom. The Hall–Kier alpha value is -3.59. The van der Waals surface area contributed by atoms with Gasteiger partial charge in [-0.1, -0.05) is 296 Å². The molecule has 2 unspecified atom stereocenters. The third-order valence-electron chi connectivity index (χ3n) is 15.0. The number of quaternary nitrogens is 1. The second-order valence-electron chi connectivity index (χ2n) is 24.5. The Balaban J connectivity index is 4.03. The Bertz CT molecular complexity index is 1870. The maximum Gasteiger partial charge on any atom is 0.472 e. The number of nitrogens with zero attached hydrogens (tertiary/aromatic N) is 1. The number of phosphoric acid groups is 1. The molecule has 0 aromatic carbocycles. The van der Waals surface area contributed by atoms with Crippen LogP contribution >= 0.6 is 7.82 Å². The Morgan fingerprint density at radius 1 is 0.372 bits per heavy atom. The zero-order valence-corrected chi connectivity index (χ0v) is 57.2. The van der Waals surface area contributed by atoms with E-state index >= 15 is 0 Å². The van der Waals surface area contributed by atoms with Crippen molar-refractivity contribution in [3.8, 4) is 0 Å². The van der Waals surface area contributed by atoms with Crippen molar-refractivity contribution >= 4 is 19.8 Å². The smallest absolute Gasteiger partial charge is 0.462 e. The van der Waals surface area contributed by atoms with Gasteiger partial charge in [0.15, 0.2) is 6.10 Å². The van der Waals surface area contributed by atoms with E-state index in [1.807, 2.05) is 21.1 Å². The second kappa shape index (κ2) is 65.8. The van der Waals surface area contributed by atoms with Crippen molar-refractivity contribution in [2.45, 2.75) is 302 Å². The van der Waals surface area contributed by atoms with Crippen molar-refractivity contribution in [2.75, 3.05) is 47.5 Å². The zero-order valence-electron chi connectivity index (χ0n) is 56.3. The van der Waals surface area contributed by atoms with Gasteiger partial charge in [0.05, 0.1) is 27.7 Å². The number of ether oxygens (including phenoxy) is 2. The van der Waals surface area contributed by atoms with Gasteiger partial charge in [0.1, 0.15) is 19.8 Å². The fraction of sp³-hybridized carbons (Fsp3) is 0.711. The molecule has 0 bridgehead atoms. The van der Waals surface area contributed by atoms with Crippen LogP contribution in [0.5, 0.6) is 0 Å². The molecule has 0 fully saturated rings. The van der Waals surface area contributed by atoms with Crippen LogP contribution in [0, 0.1) is 0 Å². The van der Waals surface area contributed by atoms with Crippen LogP contribution in [0.2, 0.25) is 0 Å². The van der Waals surface area contributed by atoms with Crippen LogP contribution in [0.4, 0.5) is 0 Å². The van der Waals surface area contributed by atoms with E-state index in [0.29, 0.717) is 17.4 Å². The third-order valence-corrected chi connectivity index (χ3v) is 16.0. The van der Waals surface area contributed by atoms with Gasteiger partial charge in [-0.2, -0.15) is 0 Å². The average Bonchev–Trinajstić information content (AvgIpc) is 3.56. The minimum Gasteiger partial charge on any atom is -0.462 e. The summed E-state index contributed by atoms with van der Waals surface area (Å²) in [5.74, 6) is -0.802. The lowest BCUT2D eigenvalue weighted by molar-refractivity contribution is -0.870. The highest BCUT2D eigenvalue weighted by molar-refractivity contribution is 7.47. The summed E-state index contributed by atoms with van der Waals surface area (Å²) in [6, 6.07) is 0. The first-order valence-corrected chi connectivity index (χ1v) is 36.8. The van der Waals surface area contributed by atoms with Gasteiger partial charge in [-0.15, -0.1) is 0 Å². The molecule has 1 N–H and O–H groups in total. The highest BCUT2D eigenvalue weighted by Crippen LogP contribution is 2.43. The van der Waals surface area contributed by atoms with Crippen LogP contribution in [0.15, 0.2) is 122 Å². The molecule has 2 atom stereocenters. The van der Waals surface area contributed by atoms with Gasteiger partial charge < -0.3 is 18.9 Å². The summed E-state index contributed by atoms with van der Waals surface area (Å²) in [6.45, 7) is 4.32. The first kappa shape index (κ1) is 82.4. The molecule has 0 aliphatic rings. The summed E-state index contributed by atoms with van der Waals surface area (Å²) < 4.78 is 34.7. The number of carbonyl (C=O) groups is 2. The number of carbonyl (C=O) groups excluding carboxylic acids is 2. The molecular formula is C76H133NO8P+. The molecule has 86 heavy (non-hydrogen) atoms. The van der Waals surface area contributed by atoms with Gasteiger partial charge in [-0.05, 0) is 109 Å². The number of rotatable bonds is 64. The highest BCUT2D eigenvalue weighted by atomic mass is 31.2. The summed E-state index contributed by atoms with van der Waals surface area (Å²) in [4.78, 5) is 35.9. The minimum absolute atomic E-state index is 0.0268. The largest absolute Gasteiger partial charge is 0.472 e. The molecule has 0 rings (SSSR count). The van der Waals surface area contributed by atoms with Crippen LogP contribution in [0.25, 0.3) is 0 Å². The summed E-state index contributed by atoms with van der Waals surface area (Å²) in [5.41, 5.74) is 0. The number of allylic oxidation sites excluding steroid dienone is 20. The quantitative estimate of drug-likeness (QED) is 0.0211. The lowest BCUT2D eigenvalue weighted by Crippen LogP contribution is -2.37. The molecule has 0 radical (unpaired) electrons. The van der Waals surface area contributed by atoms with Gasteiger partial charge in [-0.25, -0.2) is 4.57 Å². The van der Waals surface area contributed by atoms with Gasteiger partial charge in [0.25, 0.3) is 0 Å². The molecule has 0 spiro atoms. The highest BCUT2D eigenvalue weighted by Gasteiger charge is 2.27. The van der Waals surface area contributed by atoms with Gasteiger partial charge in [0, 0.05) is 12.8 Å². The third kappa shape index (κ3) is 69.5. The molecule has 0 aromatic heterocycles. The summed E-state index contributed by atoms with van der Waals surface area (Å²) in [6.07, 6.45) is 94.4. The maximum atomic E-state index is 12.9. The molecular weight excluding hydrogens is 1090 g/mol. The maximum absolute atomic E-state index is 12.9. The van der Waals surface area contributed by atoms with Crippen molar-refractivity contribution in [1.82, 2.24) is 0 Å². The predicted octanol–water partition coefficient (Wildman–Crippen LogP) is 23.0. The number of phosphoric ester groups is 1. The van der Waals surface area contributed by atoms with Crippen LogP contribution in [-0.2, 0) is 32.7 Å². The second-order valence-corrected chi connectivity index (χ2v) is 26.0.